The van der Waals surface area contributed by atoms with E-state index in [2.05, 4.69) is 33.4 Å². The molecule has 1 saturated carbocycles. The van der Waals surface area contributed by atoms with Crippen molar-refractivity contribution in [3.05, 3.63) is 35.4 Å². The third-order valence-corrected chi connectivity index (χ3v) is 5.20. The normalized spacial score (nSPS) is 30.4. The molecule has 3 atom stereocenters. The number of phenols is 1. The average Bonchev–Trinajstić information content (AvgIpc) is 2.37. The number of hydrogen-bond acceptors (Lipinski definition) is 2. The lowest BCUT2D eigenvalue weighted by molar-refractivity contribution is 0.00630. The van der Waals surface area contributed by atoms with Gasteiger partial charge in [0.05, 0.1) is 0 Å². The summed E-state index contributed by atoms with van der Waals surface area (Å²) >= 11 is 0. The number of fused-ring (bicyclic) bond motifs is 4. The summed E-state index contributed by atoms with van der Waals surface area (Å²) in [4.78, 5) is 0. The van der Waals surface area contributed by atoms with E-state index in [4.69, 9.17) is 4.74 Å². The Kier molecular flexibility index (Phi) is 3.51. The largest absolute Gasteiger partial charge is 0.508 e. The molecule has 1 N–H and O–H groups in total. The number of hydrogen-bond donors (Lipinski definition) is 1. The first-order valence-corrected chi connectivity index (χ1v) is 8.14. The topological polar surface area (TPSA) is 29.5 Å². The van der Waals surface area contributed by atoms with Crippen LogP contribution in [0.1, 0.15) is 63.5 Å². The summed E-state index contributed by atoms with van der Waals surface area (Å²) in [5.41, 5.74) is 3.33. The molecule has 0 spiro atoms. The SMILES string of the molecule is C=C(C)[C@@H]1CC[C@]2(C)C[C@@H]1c1c(O)cc(CCC)cc1O2. The molecular formula is C19H26O2. The molecule has 2 nitrogen and oxygen atoms in total. The zero-order valence-corrected chi connectivity index (χ0v) is 13.4. The van der Waals surface area contributed by atoms with Gasteiger partial charge in [-0.25, -0.2) is 0 Å². The van der Waals surface area contributed by atoms with Crippen LogP contribution in [0.15, 0.2) is 24.3 Å². The molecule has 2 heteroatoms. The van der Waals surface area contributed by atoms with Crippen molar-refractivity contribution in [2.75, 3.05) is 0 Å². The summed E-state index contributed by atoms with van der Waals surface area (Å²) in [6.45, 7) is 10.7. The Morgan fingerprint density at radius 3 is 2.90 bits per heavy atom. The lowest BCUT2D eigenvalue weighted by Gasteiger charge is -2.48. The molecule has 2 aliphatic rings. The number of aryl methyl sites for hydroxylation is 1. The quantitative estimate of drug-likeness (QED) is 0.796. The summed E-state index contributed by atoms with van der Waals surface area (Å²) in [5.74, 6) is 2.13. The molecule has 21 heavy (non-hydrogen) atoms. The fourth-order valence-corrected chi connectivity index (χ4v) is 4.18. The maximum absolute atomic E-state index is 10.5. The van der Waals surface area contributed by atoms with E-state index in [1.165, 1.54) is 11.1 Å². The highest BCUT2D eigenvalue weighted by atomic mass is 16.5. The Labute approximate surface area is 127 Å². The molecule has 1 aliphatic carbocycles. The van der Waals surface area contributed by atoms with E-state index in [-0.39, 0.29) is 5.60 Å². The van der Waals surface area contributed by atoms with Gasteiger partial charge in [-0.05, 0) is 63.1 Å². The minimum atomic E-state index is -0.0824. The highest BCUT2D eigenvalue weighted by molar-refractivity contribution is 5.52. The van der Waals surface area contributed by atoms with E-state index in [9.17, 15) is 5.11 Å². The van der Waals surface area contributed by atoms with Crippen molar-refractivity contribution < 1.29 is 9.84 Å². The van der Waals surface area contributed by atoms with Crippen molar-refractivity contribution in [2.45, 2.75) is 64.4 Å². The maximum Gasteiger partial charge on any atom is 0.127 e. The van der Waals surface area contributed by atoms with Gasteiger partial charge < -0.3 is 9.84 Å². The van der Waals surface area contributed by atoms with E-state index in [0.29, 0.717) is 17.6 Å². The molecule has 2 bridgehead atoms. The van der Waals surface area contributed by atoms with Crippen molar-refractivity contribution in [1.82, 2.24) is 0 Å². The van der Waals surface area contributed by atoms with Gasteiger partial charge in [-0.3, -0.25) is 0 Å². The summed E-state index contributed by atoms with van der Waals surface area (Å²) in [6, 6.07) is 4.07. The monoisotopic (exact) mass is 286 g/mol. The first-order chi connectivity index (χ1) is 9.93. The molecule has 0 saturated heterocycles. The average molecular weight is 286 g/mol. The van der Waals surface area contributed by atoms with Crippen LogP contribution in [0, 0.1) is 5.92 Å². The van der Waals surface area contributed by atoms with E-state index >= 15 is 0 Å². The van der Waals surface area contributed by atoms with Gasteiger partial charge in [0.1, 0.15) is 17.1 Å². The minimum absolute atomic E-state index is 0.0824. The van der Waals surface area contributed by atoms with Gasteiger partial charge in [0.25, 0.3) is 0 Å². The van der Waals surface area contributed by atoms with E-state index in [1.54, 1.807) is 0 Å². The molecule has 1 heterocycles. The van der Waals surface area contributed by atoms with E-state index in [0.717, 1.165) is 43.4 Å². The standard InChI is InChI=1S/C19H26O2/c1-5-6-13-9-16(20)18-15-11-19(4,21-17(18)10-13)8-7-14(15)12(2)3/h9-10,14-15,20H,2,5-8,11H2,1,3-4H3/t14-,15-,19+/m0/s1. The molecule has 1 fully saturated rings. The van der Waals surface area contributed by atoms with Crippen molar-refractivity contribution in [3.63, 3.8) is 0 Å². The highest BCUT2D eigenvalue weighted by Crippen LogP contribution is 2.55. The second-order valence-electron chi connectivity index (χ2n) is 7.13. The third kappa shape index (κ3) is 2.45. The van der Waals surface area contributed by atoms with Crippen molar-refractivity contribution in [2.24, 2.45) is 5.92 Å². The fourth-order valence-electron chi connectivity index (χ4n) is 4.18. The highest BCUT2D eigenvalue weighted by Gasteiger charge is 2.46. The van der Waals surface area contributed by atoms with Gasteiger partial charge in [0, 0.05) is 11.5 Å². The molecule has 0 unspecified atom stereocenters. The fraction of sp³-hybridized carbons (Fsp3) is 0.579. The second kappa shape index (κ2) is 5.08. The van der Waals surface area contributed by atoms with Crippen molar-refractivity contribution in [1.29, 1.82) is 0 Å². The lowest BCUT2D eigenvalue weighted by Crippen LogP contribution is -2.44. The van der Waals surface area contributed by atoms with E-state index in [1.807, 2.05) is 6.07 Å². The Balaban J connectivity index is 2.09. The van der Waals surface area contributed by atoms with Crippen LogP contribution in [0.25, 0.3) is 0 Å². The third-order valence-electron chi connectivity index (χ3n) is 5.20. The van der Waals surface area contributed by atoms with Crippen LogP contribution in [0.2, 0.25) is 0 Å². The Bertz CT molecular complexity index is 575. The van der Waals surface area contributed by atoms with Crippen LogP contribution in [-0.2, 0) is 6.42 Å². The summed E-state index contributed by atoms with van der Waals surface area (Å²) in [7, 11) is 0. The number of aromatic hydroxyl groups is 1. The molecule has 1 aliphatic heterocycles. The van der Waals surface area contributed by atoms with Gasteiger partial charge in [-0.2, -0.15) is 0 Å². The van der Waals surface area contributed by atoms with Crippen LogP contribution in [0.4, 0.5) is 0 Å². The molecule has 0 amide bonds. The minimum Gasteiger partial charge on any atom is -0.508 e. The van der Waals surface area contributed by atoms with Crippen LogP contribution in [0.3, 0.4) is 0 Å². The number of ether oxygens (including phenoxy) is 1. The smallest absolute Gasteiger partial charge is 0.127 e. The summed E-state index contributed by atoms with van der Waals surface area (Å²) in [5, 5.41) is 10.5. The number of benzene rings is 1. The van der Waals surface area contributed by atoms with Crippen LogP contribution >= 0.6 is 0 Å². The number of rotatable bonds is 3. The Hall–Kier alpha value is -1.44. The Morgan fingerprint density at radius 2 is 2.24 bits per heavy atom. The first-order valence-electron chi connectivity index (χ1n) is 8.14. The molecule has 114 valence electrons. The second-order valence-corrected chi connectivity index (χ2v) is 7.13. The van der Waals surface area contributed by atoms with E-state index < -0.39 is 0 Å². The molecule has 0 radical (unpaired) electrons. The summed E-state index contributed by atoms with van der Waals surface area (Å²) < 4.78 is 6.30. The first kappa shape index (κ1) is 14.5. The predicted octanol–water partition coefficient (Wildman–Crippen LogP) is 4.96. The molecular weight excluding hydrogens is 260 g/mol. The van der Waals surface area contributed by atoms with Crippen LogP contribution in [0.5, 0.6) is 11.5 Å². The van der Waals surface area contributed by atoms with Gasteiger partial charge >= 0.3 is 0 Å². The molecule has 0 aromatic heterocycles. The zero-order valence-electron chi connectivity index (χ0n) is 13.4. The molecule has 3 rings (SSSR count). The van der Waals surface area contributed by atoms with Gasteiger partial charge in [0.15, 0.2) is 0 Å². The maximum atomic E-state index is 10.5. The molecule has 1 aromatic rings. The summed E-state index contributed by atoms with van der Waals surface area (Å²) in [6.07, 6.45) is 5.21. The van der Waals surface area contributed by atoms with Crippen molar-refractivity contribution >= 4 is 0 Å². The van der Waals surface area contributed by atoms with Crippen LogP contribution < -0.4 is 4.74 Å². The van der Waals surface area contributed by atoms with Gasteiger partial charge in [0.2, 0.25) is 0 Å². The zero-order chi connectivity index (χ0) is 15.2. The van der Waals surface area contributed by atoms with Crippen molar-refractivity contribution in [3.8, 4) is 11.5 Å². The number of phenolic OH excluding ortho intramolecular Hbond substituents is 1. The van der Waals surface area contributed by atoms with Crippen LogP contribution in [-0.4, -0.2) is 10.7 Å². The Morgan fingerprint density at radius 1 is 1.48 bits per heavy atom. The van der Waals surface area contributed by atoms with Gasteiger partial charge in [-0.15, -0.1) is 0 Å². The lowest BCUT2D eigenvalue weighted by atomic mass is 9.65. The van der Waals surface area contributed by atoms with Gasteiger partial charge in [-0.1, -0.05) is 25.5 Å². The number of allylic oxidation sites excluding steroid dienone is 1. The molecule has 1 aromatic carbocycles. The predicted molar refractivity (Wildman–Crippen MR) is 86.0 cm³/mol.